The molecule has 0 spiro atoms. The van der Waals surface area contributed by atoms with Crippen LogP contribution in [0.15, 0.2) is 11.4 Å². The Balaban J connectivity index is 1.54. The molecule has 2 aliphatic rings. The number of nitrogens with zero attached hydrogens (tertiary/aromatic N) is 3. The first-order valence-electron chi connectivity index (χ1n) is 7.22. The number of hydrogen-bond donors (Lipinski definition) is 1. The summed E-state index contributed by atoms with van der Waals surface area (Å²) in [4.78, 5) is 30.2. The van der Waals surface area contributed by atoms with Crippen molar-refractivity contribution in [3.05, 3.63) is 11.9 Å². The van der Waals surface area contributed by atoms with Crippen molar-refractivity contribution in [1.82, 2.24) is 19.8 Å². The van der Waals surface area contributed by atoms with Crippen LogP contribution in [0.25, 0.3) is 0 Å². The summed E-state index contributed by atoms with van der Waals surface area (Å²) in [7, 11) is 1.94. The monoisotopic (exact) mass is 308 g/mol. The van der Waals surface area contributed by atoms with Crippen molar-refractivity contribution in [2.75, 3.05) is 12.8 Å². The maximum atomic E-state index is 12.2. The Hall–Kier alpha value is -1.50. The molecule has 1 saturated carbocycles. The van der Waals surface area contributed by atoms with Gasteiger partial charge in [-0.1, -0.05) is 11.8 Å². The van der Waals surface area contributed by atoms with Crippen LogP contribution in [-0.4, -0.2) is 45.1 Å². The zero-order valence-corrected chi connectivity index (χ0v) is 13.2. The largest absolute Gasteiger partial charge is 0.350 e. The first-order chi connectivity index (χ1) is 10.1. The summed E-state index contributed by atoms with van der Waals surface area (Å²) in [6, 6.07) is 0.400. The van der Waals surface area contributed by atoms with Crippen LogP contribution < -0.4 is 5.32 Å². The summed E-state index contributed by atoms with van der Waals surface area (Å²) in [5.41, 5.74) is 0.969. The number of rotatable bonds is 5. The standard InChI is InChI=1S/C14H20N4O2S/c1-17-11(7-16-14(17)21-2)6-15-13(20)9-5-12(19)18(8-9)10-3-4-10/h7,9-10H,3-6,8H2,1-2H3,(H,15,20). The molecule has 1 N–H and O–H groups in total. The van der Waals surface area contributed by atoms with Gasteiger partial charge in [-0.3, -0.25) is 9.59 Å². The van der Waals surface area contributed by atoms with Gasteiger partial charge < -0.3 is 14.8 Å². The fraction of sp³-hybridized carbons (Fsp3) is 0.643. The van der Waals surface area contributed by atoms with Gasteiger partial charge in [0.25, 0.3) is 0 Å². The first-order valence-corrected chi connectivity index (χ1v) is 8.44. The molecule has 1 aliphatic carbocycles. The van der Waals surface area contributed by atoms with Crippen molar-refractivity contribution in [2.45, 2.75) is 37.0 Å². The third-order valence-corrected chi connectivity index (χ3v) is 4.93. The fourth-order valence-corrected chi connectivity index (χ4v) is 3.30. The van der Waals surface area contributed by atoms with E-state index in [0.717, 1.165) is 23.7 Å². The lowest BCUT2D eigenvalue weighted by atomic mass is 10.1. The lowest BCUT2D eigenvalue weighted by Crippen LogP contribution is -2.33. The van der Waals surface area contributed by atoms with Crippen LogP contribution in [0, 0.1) is 5.92 Å². The highest BCUT2D eigenvalue weighted by molar-refractivity contribution is 7.98. The van der Waals surface area contributed by atoms with Gasteiger partial charge in [-0.05, 0) is 19.1 Å². The number of aromatic nitrogens is 2. The average Bonchev–Trinajstić information content (AvgIpc) is 3.15. The number of thioether (sulfide) groups is 1. The van der Waals surface area contributed by atoms with Gasteiger partial charge >= 0.3 is 0 Å². The van der Waals surface area contributed by atoms with Crippen molar-refractivity contribution >= 4 is 23.6 Å². The summed E-state index contributed by atoms with van der Waals surface area (Å²) in [5, 5.41) is 3.86. The van der Waals surface area contributed by atoms with Gasteiger partial charge in [0.2, 0.25) is 11.8 Å². The van der Waals surface area contributed by atoms with Crippen molar-refractivity contribution in [3.8, 4) is 0 Å². The summed E-state index contributed by atoms with van der Waals surface area (Å²) >= 11 is 1.57. The Morgan fingerprint density at radius 2 is 2.29 bits per heavy atom. The molecule has 7 heteroatoms. The molecule has 0 radical (unpaired) electrons. The summed E-state index contributed by atoms with van der Waals surface area (Å²) in [5.74, 6) is -0.104. The zero-order valence-electron chi connectivity index (χ0n) is 12.3. The lowest BCUT2D eigenvalue weighted by molar-refractivity contribution is -0.129. The molecule has 6 nitrogen and oxygen atoms in total. The van der Waals surface area contributed by atoms with Crippen molar-refractivity contribution < 1.29 is 9.59 Å². The molecule has 0 aromatic carbocycles. The molecule has 1 atom stereocenters. The Kier molecular flexibility index (Phi) is 3.93. The number of hydrogen-bond acceptors (Lipinski definition) is 4. The van der Waals surface area contributed by atoms with E-state index < -0.39 is 0 Å². The molecule has 2 amide bonds. The van der Waals surface area contributed by atoms with Gasteiger partial charge in [0, 0.05) is 26.1 Å². The van der Waals surface area contributed by atoms with E-state index in [0.29, 0.717) is 25.6 Å². The first kappa shape index (κ1) is 14.4. The van der Waals surface area contributed by atoms with Crippen LogP contribution in [0.3, 0.4) is 0 Å². The van der Waals surface area contributed by atoms with Crippen LogP contribution in [0.4, 0.5) is 0 Å². The Bertz CT molecular complexity index is 567. The topological polar surface area (TPSA) is 67.2 Å². The van der Waals surface area contributed by atoms with Gasteiger partial charge in [0.1, 0.15) is 0 Å². The molecule has 1 saturated heterocycles. The Morgan fingerprint density at radius 3 is 2.90 bits per heavy atom. The average molecular weight is 308 g/mol. The molecule has 3 rings (SSSR count). The minimum atomic E-state index is -0.202. The number of carbonyl (C=O) groups is 2. The predicted molar refractivity (Wildman–Crippen MR) is 79.7 cm³/mol. The normalized spacial score (nSPS) is 21.9. The highest BCUT2D eigenvalue weighted by atomic mass is 32.2. The number of imidazole rings is 1. The fourth-order valence-electron chi connectivity index (χ4n) is 2.75. The van der Waals surface area contributed by atoms with E-state index in [1.54, 1.807) is 18.0 Å². The maximum absolute atomic E-state index is 12.2. The van der Waals surface area contributed by atoms with E-state index >= 15 is 0 Å². The van der Waals surface area contributed by atoms with Gasteiger partial charge in [-0.2, -0.15) is 0 Å². The molecule has 1 aliphatic heterocycles. The van der Waals surface area contributed by atoms with Crippen molar-refractivity contribution in [2.24, 2.45) is 13.0 Å². The maximum Gasteiger partial charge on any atom is 0.225 e. The molecule has 1 unspecified atom stereocenters. The van der Waals surface area contributed by atoms with E-state index in [1.165, 1.54) is 0 Å². The Labute approximate surface area is 128 Å². The molecular formula is C14H20N4O2S. The molecule has 2 heterocycles. The van der Waals surface area contributed by atoms with E-state index in [2.05, 4.69) is 10.3 Å². The number of likely N-dealkylation sites (tertiary alicyclic amines) is 1. The van der Waals surface area contributed by atoms with Gasteiger partial charge in [-0.15, -0.1) is 0 Å². The van der Waals surface area contributed by atoms with E-state index in [4.69, 9.17) is 0 Å². The SMILES string of the molecule is CSc1ncc(CNC(=O)C2CC(=O)N(C3CC3)C2)n1C. The minimum Gasteiger partial charge on any atom is -0.350 e. The molecule has 0 bridgehead atoms. The van der Waals surface area contributed by atoms with Gasteiger partial charge in [0.05, 0.1) is 24.4 Å². The second-order valence-corrected chi connectivity index (χ2v) is 6.46. The quantitative estimate of drug-likeness (QED) is 0.816. The molecule has 114 valence electrons. The predicted octanol–water partition coefficient (Wildman–Crippen LogP) is 0.769. The number of nitrogens with one attached hydrogen (secondary N) is 1. The molecule has 21 heavy (non-hydrogen) atoms. The van der Waals surface area contributed by atoms with Crippen molar-refractivity contribution in [3.63, 3.8) is 0 Å². The molecule has 2 fully saturated rings. The smallest absolute Gasteiger partial charge is 0.225 e. The van der Waals surface area contributed by atoms with Crippen LogP contribution in [0.5, 0.6) is 0 Å². The second-order valence-electron chi connectivity index (χ2n) is 5.69. The van der Waals surface area contributed by atoms with Gasteiger partial charge in [0.15, 0.2) is 5.16 Å². The second kappa shape index (κ2) is 5.71. The molecule has 1 aromatic rings. The van der Waals surface area contributed by atoms with Crippen LogP contribution in [0.2, 0.25) is 0 Å². The highest BCUT2D eigenvalue weighted by Gasteiger charge is 2.41. The molecule has 1 aromatic heterocycles. The zero-order chi connectivity index (χ0) is 15.0. The van der Waals surface area contributed by atoms with Crippen LogP contribution in [-0.2, 0) is 23.2 Å². The van der Waals surface area contributed by atoms with Crippen LogP contribution in [0.1, 0.15) is 25.0 Å². The Morgan fingerprint density at radius 1 is 1.52 bits per heavy atom. The molecular weight excluding hydrogens is 288 g/mol. The van der Waals surface area contributed by atoms with Crippen LogP contribution >= 0.6 is 11.8 Å². The third-order valence-electron chi connectivity index (χ3n) is 4.18. The number of carbonyl (C=O) groups excluding carboxylic acids is 2. The number of amides is 2. The summed E-state index contributed by atoms with van der Waals surface area (Å²) < 4.78 is 1.97. The van der Waals surface area contributed by atoms with E-state index in [9.17, 15) is 9.59 Å². The van der Waals surface area contributed by atoms with Gasteiger partial charge in [-0.25, -0.2) is 4.98 Å². The third kappa shape index (κ3) is 2.92. The summed E-state index contributed by atoms with van der Waals surface area (Å²) in [6.45, 7) is 1.04. The highest BCUT2D eigenvalue weighted by Crippen LogP contribution is 2.32. The lowest BCUT2D eigenvalue weighted by Gasteiger charge is -2.15. The van der Waals surface area contributed by atoms with E-state index in [-0.39, 0.29) is 17.7 Å². The van der Waals surface area contributed by atoms with Crippen molar-refractivity contribution in [1.29, 1.82) is 0 Å². The minimum absolute atomic E-state index is 0.0293. The summed E-state index contributed by atoms with van der Waals surface area (Å²) in [6.07, 6.45) is 6.28. The van der Waals surface area contributed by atoms with E-state index in [1.807, 2.05) is 22.8 Å².